The number of pyridine rings is 1. The van der Waals surface area contributed by atoms with Crippen LogP contribution in [-0.2, 0) is 6.54 Å². The number of rotatable bonds is 4. The molecule has 1 aromatic heterocycles. The molecule has 5 nitrogen and oxygen atoms in total. The van der Waals surface area contributed by atoms with Gasteiger partial charge < -0.3 is 14.5 Å². The van der Waals surface area contributed by atoms with Crippen molar-refractivity contribution in [2.24, 2.45) is 4.99 Å². The van der Waals surface area contributed by atoms with Gasteiger partial charge in [-0.3, -0.25) is 0 Å². The highest BCUT2D eigenvalue weighted by molar-refractivity contribution is 5.79. The number of guanidine groups is 1. The van der Waals surface area contributed by atoms with E-state index in [1.807, 2.05) is 57.0 Å². The maximum Gasteiger partial charge on any atom is 0.213 e. The van der Waals surface area contributed by atoms with Crippen LogP contribution < -0.4 is 4.74 Å². The highest BCUT2D eigenvalue weighted by Gasteiger charge is 2.04. The second kappa shape index (κ2) is 6.83. The second-order valence-corrected chi connectivity index (χ2v) is 4.34. The smallest absolute Gasteiger partial charge is 0.213 e. The Morgan fingerprint density at radius 3 is 2.50 bits per heavy atom. The lowest BCUT2D eigenvalue weighted by atomic mass is 10.3. The van der Waals surface area contributed by atoms with Crippen molar-refractivity contribution in [3.63, 3.8) is 0 Å². The minimum absolute atomic E-state index is 0.619. The molecule has 0 amide bonds. The van der Waals surface area contributed by atoms with Crippen LogP contribution in [0.4, 0.5) is 0 Å². The normalized spacial score (nSPS) is 9.83. The molecule has 0 N–H and O–H groups in total. The van der Waals surface area contributed by atoms with Crippen LogP contribution in [0.5, 0.6) is 5.88 Å². The average Bonchev–Trinajstić information content (AvgIpc) is 2.29. The van der Waals surface area contributed by atoms with E-state index >= 15 is 0 Å². The summed E-state index contributed by atoms with van der Waals surface area (Å²) in [4.78, 5) is 12.7. The molecule has 5 heteroatoms. The quantitative estimate of drug-likeness (QED) is 0.599. The van der Waals surface area contributed by atoms with Crippen LogP contribution in [0.2, 0.25) is 0 Å². The largest absolute Gasteiger partial charge is 0.478 e. The molecule has 1 rings (SSSR count). The van der Waals surface area contributed by atoms with Gasteiger partial charge in [-0.15, -0.1) is 0 Å². The first-order valence-electron chi connectivity index (χ1n) is 6.01. The maximum atomic E-state index is 5.37. The van der Waals surface area contributed by atoms with E-state index < -0.39 is 0 Å². The Morgan fingerprint density at radius 2 is 1.94 bits per heavy atom. The van der Waals surface area contributed by atoms with E-state index in [-0.39, 0.29) is 0 Å². The third kappa shape index (κ3) is 4.24. The Bertz CT molecular complexity index is 392. The van der Waals surface area contributed by atoms with Gasteiger partial charge in [0.05, 0.1) is 13.2 Å². The fourth-order valence-corrected chi connectivity index (χ4v) is 1.62. The summed E-state index contributed by atoms with van der Waals surface area (Å²) in [5, 5.41) is 0. The molecule has 0 bridgehead atoms. The second-order valence-electron chi connectivity index (χ2n) is 4.34. The summed E-state index contributed by atoms with van der Waals surface area (Å²) in [6.45, 7) is 3.19. The lowest BCUT2D eigenvalue weighted by Gasteiger charge is -2.22. The van der Waals surface area contributed by atoms with Gasteiger partial charge in [-0.05, 0) is 18.6 Å². The number of nitrogens with zero attached hydrogens (tertiary/aromatic N) is 4. The highest BCUT2D eigenvalue weighted by Crippen LogP contribution is 2.10. The van der Waals surface area contributed by atoms with Crippen molar-refractivity contribution >= 4 is 5.96 Å². The van der Waals surface area contributed by atoms with E-state index in [4.69, 9.17) is 4.74 Å². The van der Waals surface area contributed by atoms with E-state index in [1.54, 1.807) is 6.20 Å². The molecule has 0 aliphatic rings. The van der Waals surface area contributed by atoms with Crippen LogP contribution in [0.1, 0.15) is 12.5 Å². The van der Waals surface area contributed by atoms with Crippen molar-refractivity contribution in [1.29, 1.82) is 0 Å². The number of aromatic nitrogens is 1. The molecule has 0 fully saturated rings. The minimum Gasteiger partial charge on any atom is -0.478 e. The zero-order valence-corrected chi connectivity index (χ0v) is 11.8. The molecule has 0 saturated heterocycles. The third-order valence-corrected chi connectivity index (χ3v) is 2.29. The fraction of sp³-hybridized carbons (Fsp3) is 0.538. The van der Waals surface area contributed by atoms with E-state index in [0.717, 1.165) is 11.5 Å². The standard InChI is InChI=1S/C13H22N4O/c1-6-18-12-9-11(7-8-14-12)10-15-13(16(2)3)17(4)5/h7-9H,6,10H2,1-5H3. The topological polar surface area (TPSA) is 41.0 Å². The van der Waals surface area contributed by atoms with Crippen molar-refractivity contribution in [2.75, 3.05) is 34.8 Å². The zero-order valence-electron chi connectivity index (χ0n) is 11.8. The summed E-state index contributed by atoms with van der Waals surface area (Å²) in [7, 11) is 7.93. The number of hydrogen-bond donors (Lipinski definition) is 0. The predicted molar refractivity (Wildman–Crippen MR) is 73.9 cm³/mol. The summed E-state index contributed by atoms with van der Waals surface area (Å²) in [6.07, 6.45) is 1.75. The SMILES string of the molecule is CCOc1cc(CN=C(N(C)C)N(C)C)ccn1. The molecule has 0 aliphatic heterocycles. The maximum absolute atomic E-state index is 5.37. The van der Waals surface area contributed by atoms with Crippen LogP contribution in [-0.4, -0.2) is 55.5 Å². The van der Waals surface area contributed by atoms with E-state index in [1.165, 1.54) is 0 Å². The summed E-state index contributed by atoms with van der Waals surface area (Å²) in [6, 6.07) is 3.88. The first kappa shape index (κ1) is 14.3. The van der Waals surface area contributed by atoms with Crippen molar-refractivity contribution in [1.82, 2.24) is 14.8 Å². The monoisotopic (exact) mass is 250 g/mol. The molecule has 18 heavy (non-hydrogen) atoms. The Balaban J connectivity index is 2.77. The lowest BCUT2D eigenvalue weighted by molar-refractivity contribution is 0.326. The Labute approximate surface area is 109 Å². The predicted octanol–water partition coefficient (Wildman–Crippen LogP) is 1.46. The average molecular weight is 250 g/mol. The number of aliphatic imine (C=N–C) groups is 1. The van der Waals surface area contributed by atoms with Crippen LogP contribution in [0.15, 0.2) is 23.3 Å². The van der Waals surface area contributed by atoms with Gasteiger partial charge in [0.2, 0.25) is 5.88 Å². The van der Waals surface area contributed by atoms with Gasteiger partial charge in [0.15, 0.2) is 5.96 Å². The third-order valence-electron chi connectivity index (χ3n) is 2.29. The molecule has 0 saturated carbocycles. The van der Waals surface area contributed by atoms with Gasteiger partial charge in [-0.25, -0.2) is 9.98 Å². The van der Waals surface area contributed by atoms with Gasteiger partial charge in [-0.1, -0.05) is 0 Å². The molecule has 0 spiro atoms. The van der Waals surface area contributed by atoms with Crippen LogP contribution in [0, 0.1) is 0 Å². The van der Waals surface area contributed by atoms with Crippen molar-refractivity contribution in [3.05, 3.63) is 23.9 Å². The summed E-state index contributed by atoms with van der Waals surface area (Å²) in [5.74, 6) is 1.59. The van der Waals surface area contributed by atoms with Gasteiger partial charge in [-0.2, -0.15) is 0 Å². The van der Waals surface area contributed by atoms with Crippen LogP contribution >= 0.6 is 0 Å². The van der Waals surface area contributed by atoms with Gasteiger partial charge >= 0.3 is 0 Å². The van der Waals surface area contributed by atoms with Crippen LogP contribution in [0.3, 0.4) is 0 Å². The molecule has 1 heterocycles. The minimum atomic E-state index is 0.619. The Morgan fingerprint density at radius 1 is 1.28 bits per heavy atom. The van der Waals surface area contributed by atoms with E-state index in [0.29, 0.717) is 19.0 Å². The van der Waals surface area contributed by atoms with Gasteiger partial charge in [0, 0.05) is 40.5 Å². The molecule has 100 valence electrons. The summed E-state index contributed by atoms with van der Waals surface area (Å²) < 4.78 is 5.37. The molecular weight excluding hydrogens is 228 g/mol. The first-order valence-corrected chi connectivity index (χ1v) is 6.01. The zero-order chi connectivity index (χ0) is 13.5. The van der Waals surface area contributed by atoms with Crippen LogP contribution in [0.25, 0.3) is 0 Å². The first-order chi connectivity index (χ1) is 8.54. The van der Waals surface area contributed by atoms with Crippen molar-refractivity contribution < 1.29 is 4.74 Å². The molecule has 0 radical (unpaired) electrons. The van der Waals surface area contributed by atoms with E-state index in [9.17, 15) is 0 Å². The van der Waals surface area contributed by atoms with Crippen molar-refractivity contribution in [3.8, 4) is 5.88 Å². The Hall–Kier alpha value is -1.78. The molecular formula is C13H22N4O. The summed E-state index contributed by atoms with van der Waals surface area (Å²) >= 11 is 0. The molecule has 0 unspecified atom stereocenters. The molecule has 0 aromatic carbocycles. The van der Waals surface area contributed by atoms with Gasteiger partial charge in [0.25, 0.3) is 0 Å². The fourth-order valence-electron chi connectivity index (χ4n) is 1.62. The summed E-state index contributed by atoms with van der Waals surface area (Å²) in [5.41, 5.74) is 1.09. The number of ether oxygens (including phenoxy) is 1. The molecule has 0 atom stereocenters. The molecule has 0 aliphatic carbocycles. The van der Waals surface area contributed by atoms with Gasteiger partial charge in [0.1, 0.15) is 0 Å². The molecule has 1 aromatic rings. The van der Waals surface area contributed by atoms with Crippen molar-refractivity contribution in [2.45, 2.75) is 13.5 Å². The van der Waals surface area contributed by atoms with E-state index in [2.05, 4.69) is 9.98 Å². The lowest BCUT2D eigenvalue weighted by Crippen LogP contribution is -2.35. The highest BCUT2D eigenvalue weighted by atomic mass is 16.5. The Kier molecular flexibility index (Phi) is 5.42. The number of hydrogen-bond acceptors (Lipinski definition) is 3.